The Morgan fingerprint density at radius 1 is 1.26 bits per heavy atom. The lowest BCUT2D eigenvalue weighted by molar-refractivity contribution is -0.122. The molecule has 8 nitrogen and oxygen atoms in total. The van der Waals surface area contributed by atoms with Crippen molar-refractivity contribution in [2.75, 3.05) is 33.4 Å². The van der Waals surface area contributed by atoms with E-state index in [2.05, 4.69) is 4.99 Å². The first kappa shape index (κ1) is 25.3. The standard InChI is InChI=1S/C22H26ClN3O5S3/c1-3-31-16-6-7-17-18(13-16)32-22(26(17)11-12-30-2)24-21(27)15-5-4-10-25(14-15)34(28,29)20-9-8-19(23)33-20/h6-9,13,15H,3-5,10-12,14H2,1-2H3. The van der Waals surface area contributed by atoms with Crippen LogP contribution in [0.3, 0.4) is 0 Å². The lowest BCUT2D eigenvalue weighted by atomic mass is 9.99. The third kappa shape index (κ3) is 5.39. The van der Waals surface area contributed by atoms with Gasteiger partial charge in [0.15, 0.2) is 4.80 Å². The third-order valence-electron chi connectivity index (χ3n) is 5.57. The molecule has 1 aliphatic rings. The first-order valence-electron chi connectivity index (χ1n) is 10.9. The first-order valence-corrected chi connectivity index (χ1v) is 14.4. The summed E-state index contributed by atoms with van der Waals surface area (Å²) in [5.74, 6) is -0.0549. The number of carbonyl (C=O) groups is 1. The van der Waals surface area contributed by atoms with Crippen LogP contribution in [0.2, 0.25) is 4.34 Å². The molecule has 3 aromatic rings. The van der Waals surface area contributed by atoms with Crippen molar-refractivity contribution in [2.24, 2.45) is 10.9 Å². The predicted molar refractivity (Wildman–Crippen MR) is 134 cm³/mol. The van der Waals surface area contributed by atoms with Crippen molar-refractivity contribution in [1.82, 2.24) is 8.87 Å². The molecule has 2 aromatic heterocycles. The van der Waals surface area contributed by atoms with E-state index in [0.717, 1.165) is 27.3 Å². The second kappa shape index (κ2) is 10.9. The number of carbonyl (C=O) groups excluding carboxylic acids is 1. The molecule has 1 amide bonds. The highest BCUT2D eigenvalue weighted by Gasteiger charge is 2.34. The summed E-state index contributed by atoms with van der Waals surface area (Å²) >= 11 is 8.36. The first-order chi connectivity index (χ1) is 16.3. The Balaban J connectivity index is 1.62. The zero-order valence-electron chi connectivity index (χ0n) is 18.9. The molecule has 4 rings (SSSR count). The zero-order valence-corrected chi connectivity index (χ0v) is 22.1. The normalized spacial score (nSPS) is 18.0. The van der Waals surface area contributed by atoms with Crippen molar-refractivity contribution >= 4 is 60.4 Å². The molecule has 12 heteroatoms. The molecule has 1 fully saturated rings. The Bertz CT molecular complexity index is 1350. The summed E-state index contributed by atoms with van der Waals surface area (Å²) in [5.41, 5.74) is 0.944. The van der Waals surface area contributed by atoms with E-state index < -0.39 is 15.9 Å². The maximum absolute atomic E-state index is 13.2. The van der Waals surface area contributed by atoms with Gasteiger partial charge in [-0.15, -0.1) is 11.3 Å². The topological polar surface area (TPSA) is 90.2 Å². The van der Waals surface area contributed by atoms with Crippen LogP contribution in [-0.4, -0.2) is 56.6 Å². The van der Waals surface area contributed by atoms with E-state index in [9.17, 15) is 13.2 Å². The number of rotatable bonds is 8. The van der Waals surface area contributed by atoms with Gasteiger partial charge >= 0.3 is 0 Å². The van der Waals surface area contributed by atoms with Crippen LogP contribution in [0.15, 0.2) is 39.5 Å². The summed E-state index contributed by atoms with van der Waals surface area (Å²) in [6, 6.07) is 8.87. The number of aromatic nitrogens is 1. The van der Waals surface area contributed by atoms with E-state index >= 15 is 0 Å². The van der Waals surface area contributed by atoms with Crippen LogP contribution in [0.4, 0.5) is 0 Å². The smallest absolute Gasteiger partial charge is 0.252 e. The van der Waals surface area contributed by atoms with Crippen molar-refractivity contribution in [3.63, 3.8) is 0 Å². The van der Waals surface area contributed by atoms with Gasteiger partial charge in [0, 0.05) is 26.7 Å². The van der Waals surface area contributed by atoms with E-state index in [1.54, 1.807) is 13.2 Å². The number of nitrogens with zero attached hydrogens (tertiary/aromatic N) is 3. The van der Waals surface area contributed by atoms with Crippen molar-refractivity contribution < 1.29 is 22.7 Å². The molecule has 1 aliphatic heterocycles. The van der Waals surface area contributed by atoms with Crippen molar-refractivity contribution in [3.8, 4) is 5.75 Å². The maximum atomic E-state index is 13.2. The number of thiazole rings is 1. The van der Waals surface area contributed by atoms with E-state index in [-0.39, 0.29) is 16.7 Å². The van der Waals surface area contributed by atoms with Crippen molar-refractivity contribution in [2.45, 2.75) is 30.5 Å². The molecule has 184 valence electrons. The average molecular weight is 544 g/mol. The minimum atomic E-state index is -3.69. The van der Waals surface area contributed by atoms with Crippen molar-refractivity contribution in [3.05, 3.63) is 39.5 Å². The van der Waals surface area contributed by atoms with Crippen LogP contribution in [0.1, 0.15) is 19.8 Å². The minimum absolute atomic E-state index is 0.109. The number of amides is 1. The van der Waals surface area contributed by atoms with Crippen LogP contribution in [0, 0.1) is 5.92 Å². The van der Waals surface area contributed by atoms with Crippen LogP contribution in [0.25, 0.3) is 10.2 Å². The van der Waals surface area contributed by atoms with Crippen LogP contribution >= 0.6 is 34.3 Å². The highest BCUT2D eigenvalue weighted by atomic mass is 35.5. The van der Waals surface area contributed by atoms with Crippen LogP contribution < -0.4 is 9.54 Å². The fourth-order valence-corrected chi connectivity index (χ4v) is 8.16. The number of thiophene rings is 1. The molecular formula is C22H26ClN3O5S3. The summed E-state index contributed by atoms with van der Waals surface area (Å²) in [6.07, 6.45) is 1.19. The molecule has 0 spiro atoms. The number of methoxy groups -OCH3 is 1. The second-order valence-electron chi connectivity index (χ2n) is 7.80. The molecule has 1 aromatic carbocycles. The molecule has 34 heavy (non-hydrogen) atoms. The number of fused-ring (bicyclic) bond motifs is 1. The van der Waals surface area contributed by atoms with Gasteiger partial charge in [-0.05, 0) is 50.1 Å². The second-order valence-corrected chi connectivity index (χ2v) is 12.7. The van der Waals surface area contributed by atoms with Gasteiger partial charge in [0.05, 0.1) is 33.7 Å². The third-order valence-corrected chi connectivity index (χ3v) is 10.2. The summed E-state index contributed by atoms with van der Waals surface area (Å²) in [4.78, 5) is 18.2. The maximum Gasteiger partial charge on any atom is 0.252 e. The molecule has 1 saturated heterocycles. The number of benzene rings is 1. The van der Waals surface area contributed by atoms with Crippen molar-refractivity contribution in [1.29, 1.82) is 0 Å². The highest BCUT2D eigenvalue weighted by molar-refractivity contribution is 7.91. The Hall–Kier alpha value is -1.76. The largest absolute Gasteiger partial charge is 0.494 e. The van der Waals surface area contributed by atoms with Gasteiger partial charge in [-0.2, -0.15) is 9.30 Å². The molecule has 0 saturated carbocycles. The number of sulfonamides is 1. The fraction of sp³-hybridized carbons (Fsp3) is 0.455. The van der Waals surface area contributed by atoms with Crippen LogP contribution in [0.5, 0.6) is 5.75 Å². The van der Waals surface area contributed by atoms with Gasteiger partial charge in [-0.1, -0.05) is 22.9 Å². The molecule has 0 bridgehead atoms. The van der Waals surface area contributed by atoms with E-state index in [0.29, 0.717) is 48.3 Å². The Kier molecular flexibility index (Phi) is 8.11. The Morgan fingerprint density at radius 2 is 2.09 bits per heavy atom. The van der Waals surface area contributed by atoms with Gasteiger partial charge in [0.2, 0.25) is 0 Å². The van der Waals surface area contributed by atoms with Gasteiger partial charge in [0.1, 0.15) is 9.96 Å². The van der Waals surface area contributed by atoms with Gasteiger partial charge in [0.25, 0.3) is 15.9 Å². The molecule has 1 atom stereocenters. The minimum Gasteiger partial charge on any atom is -0.494 e. The number of hydrogen-bond donors (Lipinski definition) is 0. The molecular weight excluding hydrogens is 518 g/mol. The van der Waals surface area contributed by atoms with Gasteiger partial charge in [-0.25, -0.2) is 8.42 Å². The van der Waals surface area contributed by atoms with E-state index in [1.165, 1.54) is 21.7 Å². The monoisotopic (exact) mass is 543 g/mol. The molecule has 3 heterocycles. The lowest BCUT2D eigenvalue weighted by Crippen LogP contribution is -2.42. The summed E-state index contributed by atoms with van der Waals surface area (Å²) < 4.78 is 41.8. The number of piperidine rings is 1. The molecule has 1 unspecified atom stereocenters. The molecule has 0 N–H and O–H groups in total. The highest BCUT2D eigenvalue weighted by Crippen LogP contribution is 2.31. The van der Waals surface area contributed by atoms with E-state index in [4.69, 9.17) is 21.1 Å². The van der Waals surface area contributed by atoms with Gasteiger partial charge in [-0.3, -0.25) is 4.79 Å². The SMILES string of the molecule is CCOc1ccc2c(c1)sc(=NC(=O)C1CCCN(S(=O)(=O)c3ccc(Cl)s3)C1)n2CCOC. The molecule has 0 aliphatic carbocycles. The number of halogens is 1. The Labute approximate surface area is 211 Å². The summed E-state index contributed by atoms with van der Waals surface area (Å²) in [6.45, 7) is 3.99. The zero-order chi connectivity index (χ0) is 24.3. The fourth-order valence-electron chi connectivity index (χ4n) is 3.91. The lowest BCUT2D eigenvalue weighted by Gasteiger charge is -2.29. The number of ether oxygens (including phenoxy) is 2. The Morgan fingerprint density at radius 3 is 2.79 bits per heavy atom. The average Bonchev–Trinajstić information content (AvgIpc) is 3.41. The predicted octanol–water partition coefficient (Wildman–Crippen LogP) is 3.99. The van der Waals surface area contributed by atoms with Crippen LogP contribution in [-0.2, 0) is 26.1 Å². The number of hydrogen-bond acceptors (Lipinski definition) is 7. The summed E-state index contributed by atoms with van der Waals surface area (Å²) in [5, 5.41) is 0. The van der Waals surface area contributed by atoms with Gasteiger partial charge < -0.3 is 14.0 Å². The van der Waals surface area contributed by atoms with E-state index in [1.807, 2.05) is 29.7 Å². The summed E-state index contributed by atoms with van der Waals surface area (Å²) in [7, 11) is -2.06. The molecule has 0 radical (unpaired) electrons. The quantitative estimate of drug-likeness (QED) is 0.428.